The molecule has 0 aliphatic carbocycles. The van der Waals surface area contributed by atoms with Crippen LogP contribution in [0.1, 0.15) is 0 Å². The highest BCUT2D eigenvalue weighted by molar-refractivity contribution is 5.33. The largest absolute Gasteiger partial charge is 0.262 e. The van der Waals surface area contributed by atoms with Crippen LogP contribution in [-0.2, 0) is 0 Å². The van der Waals surface area contributed by atoms with E-state index in [1.165, 1.54) is 6.20 Å². The van der Waals surface area contributed by atoms with Gasteiger partial charge in [-0.1, -0.05) is 0 Å². The third kappa shape index (κ3) is 1.07. The first-order valence-corrected chi connectivity index (χ1v) is 2.27. The smallest absolute Gasteiger partial charge is 0.161 e. The summed E-state index contributed by atoms with van der Waals surface area (Å²) in [7, 11) is 0. The number of halogens is 1. The second-order valence-electron chi connectivity index (χ2n) is 1.42. The second kappa shape index (κ2) is 2.30. The van der Waals surface area contributed by atoms with Crippen LogP contribution in [0.2, 0.25) is 0 Å². The van der Waals surface area contributed by atoms with Gasteiger partial charge in [0.25, 0.3) is 0 Å². The molecule has 0 fully saturated rings. The van der Waals surface area contributed by atoms with Gasteiger partial charge in [-0.15, -0.1) is 4.91 Å². The lowest BCUT2D eigenvalue weighted by Crippen LogP contribution is -1.74. The molecule has 0 aromatic carbocycles. The fourth-order valence-electron chi connectivity index (χ4n) is 0.436. The van der Waals surface area contributed by atoms with Crippen LogP contribution in [0.25, 0.3) is 0 Å². The Hall–Kier alpha value is -1.32. The first-order chi connectivity index (χ1) is 4.34. The fourth-order valence-corrected chi connectivity index (χ4v) is 0.436. The average molecular weight is 126 g/mol. The van der Waals surface area contributed by atoms with Gasteiger partial charge in [-0.2, -0.15) is 0 Å². The van der Waals surface area contributed by atoms with Crippen LogP contribution in [0.5, 0.6) is 0 Å². The van der Waals surface area contributed by atoms with E-state index in [9.17, 15) is 9.30 Å². The van der Waals surface area contributed by atoms with E-state index in [4.69, 9.17) is 0 Å². The Balaban J connectivity index is 3.15. The quantitative estimate of drug-likeness (QED) is 0.536. The molecule has 46 valence electrons. The summed E-state index contributed by atoms with van der Waals surface area (Å²) in [4.78, 5) is 13.2. The maximum absolute atomic E-state index is 12.3. The zero-order chi connectivity index (χ0) is 6.69. The molecule has 0 amide bonds. The topological polar surface area (TPSA) is 42.3 Å². The summed E-state index contributed by atoms with van der Waals surface area (Å²) in [5, 5.41) is 2.38. The van der Waals surface area contributed by atoms with Gasteiger partial charge >= 0.3 is 0 Å². The maximum Gasteiger partial charge on any atom is 0.161 e. The number of hydrogen-bond acceptors (Lipinski definition) is 3. The summed E-state index contributed by atoms with van der Waals surface area (Å²) in [5.74, 6) is -0.639. The van der Waals surface area contributed by atoms with Gasteiger partial charge in [0.2, 0.25) is 0 Å². The van der Waals surface area contributed by atoms with Crippen molar-refractivity contribution in [3.8, 4) is 0 Å². The van der Waals surface area contributed by atoms with Gasteiger partial charge in [-0.3, -0.25) is 4.98 Å². The normalized spacial score (nSPS) is 9.00. The van der Waals surface area contributed by atoms with Crippen LogP contribution in [0, 0.1) is 10.7 Å². The predicted molar refractivity (Wildman–Crippen MR) is 29.6 cm³/mol. The molecule has 4 heteroatoms. The Kier molecular flexibility index (Phi) is 1.48. The van der Waals surface area contributed by atoms with Crippen LogP contribution >= 0.6 is 0 Å². The minimum absolute atomic E-state index is 0.252. The average Bonchev–Trinajstić information content (AvgIpc) is 1.89. The van der Waals surface area contributed by atoms with Crippen LogP contribution < -0.4 is 0 Å². The third-order valence-corrected chi connectivity index (χ3v) is 0.847. The lowest BCUT2D eigenvalue weighted by Gasteiger charge is -1.86. The van der Waals surface area contributed by atoms with Crippen molar-refractivity contribution in [2.75, 3.05) is 0 Å². The van der Waals surface area contributed by atoms with Crippen molar-refractivity contribution in [3.05, 3.63) is 29.2 Å². The molecule has 1 rings (SSSR count). The summed E-state index contributed by atoms with van der Waals surface area (Å²) in [6.07, 6.45) is 2.33. The van der Waals surface area contributed by atoms with E-state index in [1.54, 1.807) is 0 Å². The Morgan fingerprint density at radius 1 is 1.67 bits per heavy atom. The molecule has 0 aliphatic heterocycles. The van der Waals surface area contributed by atoms with Gasteiger partial charge in [0, 0.05) is 6.20 Å². The molecule has 0 unspecified atom stereocenters. The van der Waals surface area contributed by atoms with Crippen molar-refractivity contribution in [3.63, 3.8) is 0 Å². The summed E-state index contributed by atoms with van der Waals surface area (Å²) >= 11 is 0. The third-order valence-electron chi connectivity index (χ3n) is 0.847. The van der Waals surface area contributed by atoms with E-state index < -0.39 is 5.82 Å². The van der Waals surface area contributed by atoms with Crippen LogP contribution in [0.3, 0.4) is 0 Å². The van der Waals surface area contributed by atoms with Crippen LogP contribution in [0.15, 0.2) is 23.6 Å². The Labute approximate surface area is 50.5 Å². The lowest BCUT2D eigenvalue weighted by molar-refractivity contribution is 0.627. The zero-order valence-corrected chi connectivity index (χ0v) is 4.41. The second-order valence-corrected chi connectivity index (χ2v) is 1.42. The predicted octanol–water partition coefficient (Wildman–Crippen LogP) is 1.62. The molecule has 1 aromatic heterocycles. The number of hydrogen-bond donors (Lipinski definition) is 0. The standard InChI is InChI=1S/C5H3FN2O/c6-4-1-2-7-3-5(4)8-9/h1-3H. The molecule has 0 saturated carbocycles. The number of rotatable bonds is 1. The van der Waals surface area contributed by atoms with Gasteiger partial charge in [-0.05, 0) is 11.2 Å². The molecular weight excluding hydrogens is 123 g/mol. The van der Waals surface area contributed by atoms with Crippen molar-refractivity contribution in [2.24, 2.45) is 5.18 Å². The SMILES string of the molecule is O=Nc1cnccc1F. The van der Waals surface area contributed by atoms with E-state index in [0.717, 1.165) is 12.3 Å². The van der Waals surface area contributed by atoms with E-state index in [-0.39, 0.29) is 5.69 Å². The van der Waals surface area contributed by atoms with Gasteiger partial charge in [0.1, 0.15) is 0 Å². The Morgan fingerprint density at radius 3 is 2.89 bits per heavy atom. The number of nitrogens with zero attached hydrogens (tertiary/aromatic N) is 2. The summed E-state index contributed by atoms with van der Waals surface area (Å²) in [6.45, 7) is 0. The molecule has 0 atom stereocenters. The summed E-state index contributed by atoms with van der Waals surface area (Å²) in [6, 6.07) is 1.08. The molecule has 0 N–H and O–H groups in total. The van der Waals surface area contributed by atoms with Crippen LogP contribution in [-0.4, -0.2) is 4.98 Å². The zero-order valence-electron chi connectivity index (χ0n) is 4.41. The molecule has 0 spiro atoms. The Morgan fingerprint density at radius 2 is 2.44 bits per heavy atom. The molecule has 3 nitrogen and oxygen atoms in total. The molecular formula is C5H3FN2O. The van der Waals surface area contributed by atoms with Crippen molar-refractivity contribution in [2.45, 2.75) is 0 Å². The van der Waals surface area contributed by atoms with Crippen molar-refractivity contribution < 1.29 is 4.39 Å². The number of aromatic nitrogens is 1. The molecule has 9 heavy (non-hydrogen) atoms. The molecule has 0 radical (unpaired) electrons. The van der Waals surface area contributed by atoms with Gasteiger partial charge < -0.3 is 0 Å². The van der Waals surface area contributed by atoms with Crippen molar-refractivity contribution in [1.29, 1.82) is 0 Å². The molecule has 0 bridgehead atoms. The highest BCUT2D eigenvalue weighted by Crippen LogP contribution is 2.12. The van der Waals surface area contributed by atoms with Gasteiger partial charge in [-0.25, -0.2) is 4.39 Å². The first kappa shape index (κ1) is 5.81. The van der Waals surface area contributed by atoms with Crippen molar-refractivity contribution in [1.82, 2.24) is 4.98 Å². The lowest BCUT2D eigenvalue weighted by atomic mass is 10.4. The molecule has 1 heterocycles. The highest BCUT2D eigenvalue weighted by Gasteiger charge is 1.97. The van der Waals surface area contributed by atoms with Gasteiger partial charge in [0.15, 0.2) is 11.5 Å². The Bertz CT molecular complexity index is 226. The number of nitroso groups, excluding NO2 is 1. The van der Waals surface area contributed by atoms with E-state index in [0.29, 0.717) is 0 Å². The molecule has 1 aromatic rings. The highest BCUT2D eigenvalue weighted by atomic mass is 19.1. The van der Waals surface area contributed by atoms with Gasteiger partial charge in [0.05, 0.1) is 6.20 Å². The summed E-state index contributed by atoms with van der Waals surface area (Å²) < 4.78 is 12.3. The number of pyridine rings is 1. The minimum atomic E-state index is -0.639. The first-order valence-electron chi connectivity index (χ1n) is 2.27. The monoisotopic (exact) mass is 126 g/mol. The van der Waals surface area contributed by atoms with Crippen LogP contribution in [0.4, 0.5) is 10.1 Å². The fraction of sp³-hybridized carbons (Fsp3) is 0. The van der Waals surface area contributed by atoms with E-state index in [2.05, 4.69) is 10.2 Å². The van der Waals surface area contributed by atoms with E-state index >= 15 is 0 Å². The minimum Gasteiger partial charge on any atom is -0.262 e. The van der Waals surface area contributed by atoms with E-state index in [1.807, 2.05) is 0 Å². The molecule has 0 saturated heterocycles. The van der Waals surface area contributed by atoms with Crippen molar-refractivity contribution >= 4 is 5.69 Å². The molecule has 0 aliphatic rings. The summed E-state index contributed by atoms with van der Waals surface area (Å²) in [5.41, 5.74) is -0.252. The maximum atomic E-state index is 12.3.